The van der Waals surface area contributed by atoms with Gasteiger partial charge in [-0.1, -0.05) is 0 Å². The zero-order valence-electron chi connectivity index (χ0n) is 6.85. The van der Waals surface area contributed by atoms with Gasteiger partial charge in [0.15, 0.2) is 0 Å². The minimum absolute atomic E-state index is 0.0167. The summed E-state index contributed by atoms with van der Waals surface area (Å²) in [5, 5.41) is 11.3. The number of aliphatic hydroxyl groups is 1. The van der Waals surface area contributed by atoms with Crippen molar-refractivity contribution in [1.82, 2.24) is 0 Å². The molecule has 1 aromatic carbocycles. The number of hydrogen-bond acceptors (Lipinski definition) is 3. The lowest BCUT2D eigenvalue weighted by molar-refractivity contribution is 0.311. The van der Waals surface area contributed by atoms with E-state index in [-0.39, 0.29) is 12.4 Å². The molecule has 0 saturated heterocycles. The van der Waals surface area contributed by atoms with Crippen LogP contribution in [0.25, 0.3) is 0 Å². The predicted octanol–water partition coefficient (Wildman–Crippen LogP) is 1.57. The Bertz CT molecular complexity index is 306. The van der Waals surface area contributed by atoms with E-state index in [0.717, 1.165) is 0 Å². The van der Waals surface area contributed by atoms with Gasteiger partial charge in [-0.3, -0.25) is 0 Å². The minimum atomic E-state index is -0.380. The maximum Gasteiger partial charge on any atom is 0.139 e. The number of benzene rings is 1. The molecule has 1 rings (SSSR count). The Kier molecular flexibility index (Phi) is 3.50. The highest BCUT2D eigenvalue weighted by Gasteiger charge is 2.04. The van der Waals surface area contributed by atoms with E-state index in [1.54, 1.807) is 0 Å². The van der Waals surface area contributed by atoms with Gasteiger partial charge in [0, 0.05) is 12.6 Å². The molecular formula is C8H10BrFN2O. The topological polar surface area (TPSA) is 58.3 Å². The van der Waals surface area contributed by atoms with Gasteiger partial charge >= 0.3 is 0 Å². The van der Waals surface area contributed by atoms with Crippen molar-refractivity contribution in [3.8, 4) is 0 Å². The Hall–Kier alpha value is -0.810. The van der Waals surface area contributed by atoms with Crippen LogP contribution in [0.5, 0.6) is 0 Å². The highest BCUT2D eigenvalue weighted by atomic mass is 79.9. The maximum atomic E-state index is 13.0. The molecule has 0 radical (unpaired) electrons. The van der Waals surface area contributed by atoms with Crippen LogP contribution < -0.4 is 11.1 Å². The fraction of sp³-hybridized carbons (Fsp3) is 0.250. The van der Waals surface area contributed by atoms with Gasteiger partial charge in [-0.15, -0.1) is 0 Å². The summed E-state index contributed by atoms with van der Waals surface area (Å²) < 4.78 is 13.3. The summed E-state index contributed by atoms with van der Waals surface area (Å²) in [6.07, 6.45) is 0. The Morgan fingerprint density at radius 2 is 2.23 bits per heavy atom. The molecule has 0 aliphatic carbocycles. The third-order valence-electron chi connectivity index (χ3n) is 1.52. The fourth-order valence-corrected chi connectivity index (χ4v) is 1.27. The van der Waals surface area contributed by atoms with Crippen LogP contribution in [0.2, 0.25) is 0 Å². The van der Waals surface area contributed by atoms with E-state index in [1.165, 1.54) is 12.1 Å². The smallest absolute Gasteiger partial charge is 0.139 e. The molecule has 72 valence electrons. The highest BCUT2D eigenvalue weighted by molar-refractivity contribution is 9.10. The van der Waals surface area contributed by atoms with E-state index < -0.39 is 0 Å². The third kappa shape index (κ3) is 2.57. The summed E-state index contributed by atoms with van der Waals surface area (Å²) >= 11 is 3.02. The van der Waals surface area contributed by atoms with E-state index in [4.69, 9.17) is 10.8 Å². The van der Waals surface area contributed by atoms with E-state index >= 15 is 0 Å². The molecule has 13 heavy (non-hydrogen) atoms. The van der Waals surface area contributed by atoms with Crippen molar-refractivity contribution in [2.75, 3.05) is 24.2 Å². The van der Waals surface area contributed by atoms with Gasteiger partial charge in [-0.05, 0) is 22.0 Å². The number of anilines is 2. The quantitative estimate of drug-likeness (QED) is 0.712. The van der Waals surface area contributed by atoms with Crippen LogP contribution in [0.1, 0.15) is 0 Å². The second kappa shape index (κ2) is 4.43. The Balaban J connectivity index is 2.88. The number of halogens is 2. The van der Waals surface area contributed by atoms with Gasteiger partial charge in [0.1, 0.15) is 5.82 Å². The zero-order chi connectivity index (χ0) is 9.84. The largest absolute Gasteiger partial charge is 0.397 e. The lowest BCUT2D eigenvalue weighted by Gasteiger charge is -2.08. The monoisotopic (exact) mass is 248 g/mol. The van der Waals surface area contributed by atoms with Gasteiger partial charge in [0.2, 0.25) is 0 Å². The molecule has 0 atom stereocenters. The number of nitrogens with two attached hydrogens (primary N) is 1. The van der Waals surface area contributed by atoms with Gasteiger partial charge < -0.3 is 16.2 Å². The molecule has 0 saturated carbocycles. The van der Waals surface area contributed by atoms with Crippen molar-refractivity contribution in [2.45, 2.75) is 0 Å². The van der Waals surface area contributed by atoms with E-state index in [1.807, 2.05) is 0 Å². The molecule has 5 heteroatoms. The SMILES string of the molecule is Nc1cc(Br)c(F)cc1NCCO. The van der Waals surface area contributed by atoms with Crippen LogP contribution in [0.3, 0.4) is 0 Å². The Morgan fingerprint density at radius 3 is 2.85 bits per heavy atom. The molecular weight excluding hydrogens is 239 g/mol. The average molecular weight is 249 g/mol. The van der Waals surface area contributed by atoms with Crippen molar-refractivity contribution < 1.29 is 9.50 Å². The van der Waals surface area contributed by atoms with Crippen molar-refractivity contribution in [2.24, 2.45) is 0 Å². The van der Waals surface area contributed by atoms with Crippen LogP contribution in [0.4, 0.5) is 15.8 Å². The predicted molar refractivity (Wildman–Crippen MR) is 54.1 cm³/mol. The zero-order valence-corrected chi connectivity index (χ0v) is 8.44. The van der Waals surface area contributed by atoms with Crippen molar-refractivity contribution in [1.29, 1.82) is 0 Å². The summed E-state index contributed by atoms with van der Waals surface area (Å²) in [4.78, 5) is 0. The first kappa shape index (κ1) is 10.3. The molecule has 0 bridgehead atoms. The summed E-state index contributed by atoms with van der Waals surface area (Å²) in [6, 6.07) is 2.77. The molecule has 0 heterocycles. The van der Waals surface area contributed by atoms with Crippen molar-refractivity contribution in [3.63, 3.8) is 0 Å². The Morgan fingerprint density at radius 1 is 1.54 bits per heavy atom. The molecule has 3 nitrogen and oxygen atoms in total. The number of rotatable bonds is 3. The minimum Gasteiger partial charge on any atom is -0.397 e. The molecule has 0 aromatic heterocycles. The van der Waals surface area contributed by atoms with Crippen LogP contribution in [-0.2, 0) is 0 Å². The third-order valence-corrected chi connectivity index (χ3v) is 2.13. The maximum absolute atomic E-state index is 13.0. The van der Waals surface area contributed by atoms with E-state index in [0.29, 0.717) is 22.4 Å². The highest BCUT2D eigenvalue weighted by Crippen LogP contribution is 2.26. The van der Waals surface area contributed by atoms with Crippen molar-refractivity contribution >= 4 is 27.3 Å². The molecule has 4 N–H and O–H groups in total. The summed E-state index contributed by atoms with van der Waals surface area (Å²) in [6.45, 7) is 0.336. The van der Waals surface area contributed by atoms with Crippen LogP contribution in [0.15, 0.2) is 16.6 Å². The van der Waals surface area contributed by atoms with Gasteiger partial charge in [0.05, 0.1) is 22.5 Å². The first-order chi connectivity index (χ1) is 6.15. The first-order valence-corrected chi connectivity index (χ1v) is 4.53. The number of nitrogens with one attached hydrogen (secondary N) is 1. The average Bonchev–Trinajstić information content (AvgIpc) is 2.09. The summed E-state index contributed by atoms with van der Waals surface area (Å²) in [5.41, 5.74) is 6.53. The van der Waals surface area contributed by atoms with Crippen LogP contribution >= 0.6 is 15.9 Å². The second-order valence-corrected chi connectivity index (χ2v) is 3.36. The van der Waals surface area contributed by atoms with Gasteiger partial charge in [-0.2, -0.15) is 0 Å². The molecule has 0 aliphatic rings. The van der Waals surface area contributed by atoms with Crippen LogP contribution in [-0.4, -0.2) is 18.3 Å². The molecule has 0 amide bonds. The molecule has 1 aromatic rings. The van der Waals surface area contributed by atoms with Crippen LogP contribution in [0, 0.1) is 5.82 Å². The summed E-state index contributed by atoms with van der Waals surface area (Å²) in [5.74, 6) is -0.380. The normalized spacial score (nSPS) is 10.1. The van der Waals surface area contributed by atoms with Crippen molar-refractivity contribution in [3.05, 3.63) is 22.4 Å². The number of hydrogen-bond donors (Lipinski definition) is 3. The number of nitrogen functional groups attached to an aromatic ring is 1. The second-order valence-electron chi connectivity index (χ2n) is 2.50. The number of aliphatic hydroxyl groups excluding tert-OH is 1. The molecule has 0 unspecified atom stereocenters. The van der Waals surface area contributed by atoms with Gasteiger partial charge in [0.25, 0.3) is 0 Å². The first-order valence-electron chi connectivity index (χ1n) is 3.74. The fourth-order valence-electron chi connectivity index (χ4n) is 0.906. The molecule has 0 fully saturated rings. The lowest BCUT2D eigenvalue weighted by Crippen LogP contribution is -2.07. The summed E-state index contributed by atoms with van der Waals surface area (Å²) in [7, 11) is 0. The standard InChI is InChI=1S/C8H10BrFN2O/c9-5-3-7(11)8(4-6(5)10)12-1-2-13/h3-4,12-13H,1-2,11H2. The van der Waals surface area contributed by atoms with Gasteiger partial charge in [-0.25, -0.2) is 4.39 Å². The van der Waals surface area contributed by atoms with E-state index in [2.05, 4.69) is 21.2 Å². The lowest BCUT2D eigenvalue weighted by atomic mass is 10.2. The van der Waals surface area contributed by atoms with E-state index in [9.17, 15) is 4.39 Å². The molecule has 0 spiro atoms. The Labute approximate surface area is 83.9 Å². The molecule has 0 aliphatic heterocycles.